The summed E-state index contributed by atoms with van der Waals surface area (Å²) in [5, 5.41) is 9.57. The SMILES string of the molecule is CC(C)(C)n1ccnc(NCCc2ncn[nH]2)c1=O. The maximum Gasteiger partial charge on any atom is 0.293 e. The van der Waals surface area contributed by atoms with Gasteiger partial charge in [0.05, 0.1) is 0 Å². The minimum Gasteiger partial charge on any atom is -0.365 e. The predicted octanol–water partition coefficient (Wildman–Crippen LogP) is 0.771. The summed E-state index contributed by atoms with van der Waals surface area (Å²) in [4.78, 5) is 20.3. The van der Waals surface area contributed by atoms with E-state index >= 15 is 0 Å². The van der Waals surface area contributed by atoms with E-state index in [0.717, 1.165) is 5.82 Å². The molecule has 0 saturated heterocycles. The third-order valence-electron chi connectivity index (χ3n) is 2.68. The van der Waals surface area contributed by atoms with Crippen molar-refractivity contribution in [3.63, 3.8) is 0 Å². The summed E-state index contributed by atoms with van der Waals surface area (Å²) in [6.07, 6.45) is 5.45. The van der Waals surface area contributed by atoms with E-state index in [0.29, 0.717) is 18.8 Å². The Labute approximate surface area is 111 Å². The Kier molecular flexibility index (Phi) is 3.64. The highest BCUT2D eigenvalue weighted by Gasteiger charge is 2.16. The number of hydrogen-bond acceptors (Lipinski definition) is 5. The Morgan fingerprint density at radius 1 is 1.37 bits per heavy atom. The van der Waals surface area contributed by atoms with Crippen molar-refractivity contribution in [1.82, 2.24) is 24.7 Å². The van der Waals surface area contributed by atoms with Crippen LogP contribution in [0.3, 0.4) is 0 Å². The second kappa shape index (κ2) is 5.21. The van der Waals surface area contributed by atoms with Gasteiger partial charge in [-0.05, 0) is 20.8 Å². The van der Waals surface area contributed by atoms with Gasteiger partial charge in [0.2, 0.25) is 0 Å². The summed E-state index contributed by atoms with van der Waals surface area (Å²) in [7, 11) is 0. The van der Waals surface area contributed by atoms with Crippen LogP contribution in [0, 0.1) is 0 Å². The molecule has 0 spiro atoms. The van der Waals surface area contributed by atoms with E-state index in [2.05, 4.69) is 25.5 Å². The molecule has 2 aromatic heterocycles. The predicted molar refractivity (Wildman–Crippen MR) is 72.1 cm³/mol. The zero-order valence-electron chi connectivity index (χ0n) is 11.3. The number of aromatic nitrogens is 5. The van der Waals surface area contributed by atoms with Crippen LogP contribution in [0.4, 0.5) is 5.82 Å². The first kappa shape index (κ1) is 13.3. The first-order chi connectivity index (χ1) is 8.98. The van der Waals surface area contributed by atoms with E-state index in [1.165, 1.54) is 6.33 Å². The normalized spacial score (nSPS) is 11.5. The summed E-state index contributed by atoms with van der Waals surface area (Å²) >= 11 is 0. The second-order valence-electron chi connectivity index (χ2n) is 5.23. The Morgan fingerprint density at radius 3 is 2.79 bits per heavy atom. The molecule has 0 amide bonds. The minimum atomic E-state index is -0.263. The Morgan fingerprint density at radius 2 is 2.16 bits per heavy atom. The zero-order valence-corrected chi connectivity index (χ0v) is 11.3. The van der Waals surface area contributed by atoms with Crippen LogP contribution in [-0.2, 0) is 12.0 Å². The first-order valence-corrected chi connectivity index (χ1v) is 6.15. The summed E-state index contributed by atoms with van der Waals surface area (Å²) < 4.78 is 1.66. The highest BCUT2D eigenvalue weighted by molar-refractivity contribution is 5.31. The van der Waals surface area contributed by atoms with Crippen molar-refractivity contribution in [2.24, 2.45) is 0 Å². The van der Waals surface area contributed by atoms with Crippen molar-refractivity contribution in [2.75, 3.05) is 11.9 Å². The van der Waals surface area contributed by atoms with Crippen LogP contribution >= 0.6 is 0 Å². The monoisotopic (exact) mass is 262 g/mol. The van der Waals surface area contributed by atoms with Gasteiger partial charge in [0, 0.05) is 30.9 Å². The molecular weight excluding hydrogens is 244 g/mol. The number of rotatable bonds is 4. The highest BCUT2D eigenvalue weighted by Crippen LogP contribution is 2.10. The lowest BCUT2D eigenvalue weighted by molar-refractivity contribution is 0.383. The van der Waals surface area contributed by atoms with Crippen LogP contribution in [0.1, 0.15) is 26.6 Å². The molecule has 7 nitrogen and oxygen atoms in total. The number of nitrogens with one attached hydrogen (secondary N) is 2. The molecule has 0 aliphatic rings. The molecule has 102 valence electrons. The van der Waals surface area contributed by atoms with Gasteiger partial charge in [0.15, 0.2) is 5.82 Å². The summed E-state index contributed by atoms with van der Waals surface area (Å²) in [5.74, 6) is 1.14. The Hall–Kier alpha value is -2.18. The number of H-pyrrole nitrogens is 1. The van der Waals surface area contributed by atoms with Crippen molar-refractivity contribution in [3.8, 4) is 0 Å². The third-order valence-corrected chi connectivity index (χ3v) is 2.68. The van der Waals surface area contributed by atoms with Crippen LogP contribution in [0.5, 0.6) is 0 Å². The average Bonchev–Trinajstić information content (AvgIpc) is 2.83. The molecule has 2 rings (SSSR count). The van der Waals surface area contributed by atoms with E-state index in [-0.39, 0.29) is 11.1 Å². The number of aromatic amines is 1. The van der Waals surface area contributed by atoms with E-state index in [9.17, 15) is 4.79 Å². The molecular formula is C12H18N6O. The van der Waals surface area contributed by atoms with Gasteiger partial charge in [-0.1, -0.05) is 0 Å². The van der Waals surface area contributed by atoms with Gasteiger partial charge in [0.1, 0.15) is 12.2 Å². The van der Waals surface area contributed by atoms with Gasteiger partial charge in [0.25, 0.3) is 5.56 Å². The van der Waals surface area contributed by atoms with Gasteiger partial charge in [-0.15, -0.1) is 0 Å². The molecule has 2 aromatic rings. The fourth-order valence-electron chi connectivity index (χ4n) is 1.71. The molecule has 0 aliphatic carbocycles. The smallest absolute Gasteiger partial charge is 0.293 e. The molecule has 0 saturated carbocycles. The van der Waals surface area contributed by atoms with Crippen LogP contribution in [0.25, 0.3) is 0 Å². The fourth-order valence-corrected chi connectivity index (χ4v) is 1.71. The lowest BCUT2D eigenvalue weighted by Crippen LogP contribution is -2.35. The maximum absolute atomic E-state index is 12.2. The van der Waals surface area contributed by atoms with E-state index in [1.807, 2.05) is 20.8 Å². The lowest BCUT2D eigenvalue weighted by Gasteiger charge is -2.22. The Balaban J connectivity index is 2.07. The standard InChI is InChI=1S/C12H18N6O/c1-12(2,3)18-7-6-14-10(11(18)19)13-5-4-9-15-8-16-17-9/h6-8H,4-5H2,1-3H3,(H,13,14)(H,15,16,17). The zero-order chi connectivity index (χ0) is 13.9. The van der Waals surface area contributed by atoms with Crippen molar-refractivity contribution in [1.29, 1.82) is 0 Å². The van der Waals surface area contributed by atoms with E-state index in [1.54, 1.807) is 17.0 Å². The third kappa shape index (κ3) is 3.18. The van der Waals surface area contributed by atoms with Crippen LogP contribution in [0.15, 0.2) is 23.5 Å². The number of anilines is 1. The summed E-state index contributed by atoms with van der Waals surface area (Å²) in [6, 6.07) is 0. The van der Waals surface area contributed by atoms with E-state index in [4.69, 9.17) is 0 Å². The summed E-state index contributed by atoms with van der Waals surface area (Å²) in [6.45, 7) is 6.51. The molecule has 0 radical (unpaired) electrons. The number of nitrogens with zero attached hydrogens (tertiary/aromatic N) is 4. The van der Waals surface area contributed by atoms with Crippen molar-refractivity contribution >= 4 is 5.82 Å². The molecule has 0 unspecified atom stereocenters. The highest BCUT2D eigenvalue weighted by atomic mass is 16.1. The average molecular weight is 262 g/mol. The molecule has 0 fully saturated rings. The molecule has 2 N–H and O–H groups in total. The molecule has 19 heavy (non-hydrogen) atoms. The van der Waals surface area contributed by atoms with Gasteiger partial charge in [-0.25, -0.2) is 9.97 Å². The molecule has 0 aromatic carbocycles. The van der Waals surface area contributed by atoms with E-state index < -0.39 is 0 Å². The fraction of sp³-hybridized carbons (Fsp3) is 0.500. The van der Waals surface area contributed by atoms with Crippen molar-refractivity contribution < 1.29 is 0 Å². The van der Waals surface area contributed by atoms with Gasteiger partial charge < -0.3 is 9.88 Å². The molecule has 0 atom stereocenters. The molecule has 0 bridgehead atoms. The van der Waals surface area contributed by atoms with Gasteiger partial charge >= 0.3 is 0 Å². The van der Waals surface area contributed by atoms with Crippen LogP contribution < -0.4 is 10.9 Å². The van der Waals surface area contributed by atoms with Gasteiger partial charge in [-0.3, -0.25) is 9.89 Å². The lowest BCUT2D eigenvalue weighted by atomic mass is 10.1. The number of hydrogen-bond donors (Lipinski definition) is 2. The molecule has 0 aliphatic heterocycles. The molecule has 2 heterocycles. The topological polar surface area (TPSA) is 88.5 Å². The minimum absolute atomic E-state index is 0.118. The van der Waals surface area contributed by atoms with Crippen molar-refractivity contribution in [2.45, 2.75) is 32.7 Å². The van der Waals surface area contributed by atoms with Gasteiger partial charge in [-0.2, -0.15) is 5.10 Å². The van der Waals surface area contributed by atoms with Crippen molar-refractivity contribution in [3.05, 3.63) is 34.9 Å². The quantitative estimate of drug-likeness (QED) is 0.849. The molecule has 7 heteroatoms. The maximum atomic E-state index is 12.2. The Bertz CT molecular complexity index is 581. The second-order valence-corrected chi connectivity index (χ2v) is 5.23. The largest absolute Gasteiger partial charge is 0.365 e. The summed E-state index contributed by atoms with van der Waals surface area (Å²) in [5.41, 5.74) is -0.381. The van der Waals surface area contributed by atoms with Crippen LogP contribution in [-0.4, -0.2) is 31.3 Å². The first-order valence-electron chi connectivity index (χ1n) is 6.15. The van der Waals surface area contributed by atoms with Crippen LogP contribution in [0.2, 0.25) is 0 Å².